The fraction of sp³-hybridized carbons (Fsp3) is 0.409. The van der Waals surface area contributed by atoms with Gasteiger partial charge in [0.15, 0.2) is 0 Å². The summed E-state index contributed by atoms with van der Waals surface area (Å²) in [5.41, 5.74) is 2.93. The summed E-state index contributed by atoms with van der Waals surface area (Å²) in [6.07, 6.45) is 9.69. The Labute approximate surface area is 174 Å². The number of phenolic OH excluding ortho intramolecular Hbond substituents is 1. The second kappa shape index (κ2) is 7.68. The number of nitrogens with one attached hydrogen (secondary N) is 2. The summed E-state index contributed by atoms with van der Waals surface area (Å²) in [6.45, 7) is 0. The van der Waals surface area contributed by atoms with Gasteiger partial charge in [0.25, 0.3) is 0 Å². The minimum atomic E-state index is -0.924. The predicted octanol–water partition coefficient (Wildman–Crippen LogP) is 3.30. The molecule has 3 aromatic rings. The van der Waals surface area contributed by atoms with Gasteiger partial charge in [0, 0.05) is 36.5 Å². The first kappa shape index (κ1) is 19.0. The molecular weight excluding hydrogens is 383 g/mol. The Balaban J connectivity index is 1.35. The zero-order chi connectivity index (χ0) is 20.7. The zero-order valence-corrected chi connectivity index (χ0v) is 16.8. The summed E-state index contributed by atoms with van der Waals surface area (Å²) in [4.78, 5) is 10.9. The largest absolute Gasteiger partial charge is 0.507 e. The van der Waals surface area contributed by atoms with Gasteiger partial charge in [-0.25, -0.2) is 9.37 Å². The van der Waals surface area contributed by atoms with Crippen LogP contribution in [0.1, 0.15) is 25.7 Å². The van der Waals surface area contributed by atoms with E-state index in [0.717, 1.165) is 36.8 Å². The summed E-state index contributed by atoms with van der Waals surface area (Å²) >= 11 is 0. The number of alkyl halides is 1. The van der Waals surface area contributed by atoms with Gasteiger partial charge >= 0.3 is 0 Å². The Morgan fingerprint density at radius 1 is 1.13 bits per heavy atom. The molecule has 2 saturated heterocycles. The molecule has 0 radical (unpaired) electrons. The highest BCUT2D eigenvalue weighted by Crippen LogP contribution is 2.34. The van der Waals surface area contributed by atoms with Crippen LogP contribution in [-0.4, -0.2) is 56.6 Å². The van der Waals surface area contributed by atoms with Crippen molar-refractivity contribution in [1.29, 1.82) is 0 Å². The number of benzene rings is 1. The number of nitrogens with zero attached hydrogens (tertiary/aromatic N) is 4. The lowest BCUT2D eigenvalue weighted by molar-refractivity contribution is 0.107. The van der Waals surface area contributed by atoms with Gasteiger partial charge in [0.1, 0.15) is 17.7 Å². The van der Waals surface area contributed by atoms with Crippen LogP contribution >= 0.6 is 0 Å². The molecule has 1 aromatic carbocycles. The minimum absolute atomic E-state index is 0.0668. The molecule has 156 valence electrons. The number of anilines is 1. The van der Waals surface area contributed by atoms with Crippen LogP contribution in [0.2, 0.25) is 0 Å². The van der Waals surface area contributed by atoms with Crippen molar-refractivity contribution >= 4 is 5.82 Å². The molecule has 2 unspecified atom stereocenters. The van der Waals surface area contributed by atoms with Gasteiger partial charge in [-0.15, -0.1) is 0 Å². The second-order valence-electron chi connectivity index (χ2n) is 8.24. The van der Waals surface area contributed by atoms with Crippen molar-refractivity contribution in [2.45, 2.75) is 50.0 Å². The van der Waals surface area contributed by atoms with Gasteiger partial charge in [-0.2, -0.15) is 5.10 Å². The maximum Gasteiger partial charge on any atom is 0.147 e. The Hall–Kier alpha value is -3.00. The summed E-state index contributed by atoms with van der Waals surface area (Å²) < 4.78 is 15.0. The number of H-pyrrole nitrogens is 1. The van der Waals surface area contributed by atoms with Crippen molar-refractivity contribution in [3.8, 4) is 28.1 Å². The molecule has 0 amide bonds. The molecule has 0 spiro atoms. The third kappa shape index (κ3) is 3.41. The van der Waals surface area contributed by atoms with Gasteiger partial charge in [-0.05, 0) is 37.0 Å². The van der Waals surface area contributed by atoms with E-state index in [0.29, 0.717) is 23.1 Å². The van der Waals surface area contributed by atoms with Crippen LogP contribution in [0.3, 0.4) is 0 Å². The van der Waals surface area contributed by atoms with Crippen LogP contribution < -0.4 is 10.2 Å². The predicted molar refractivity (Wildman–Crippen MR) is 113 cm³/mol. The number of piperidine rings is 2. The molecule has 7 nitrogen and oxygen atoms in total. The standard InChI is InChI=1S/C22H25FN6O/c1-29(19-8-15-3-2-4-17(28-15)22(19)23)21-12-24-18(11-25-21)16-6-5-13(7-20(16)30)14-9-26-27-10-14/h5-7,9-12,15,17,19,22,28,30H,2-4,8H2,1H3,(H,26,27)/t15?,17?,19-,22+/m1/s1. The van der Waals surface area contributed by atoms with E-state index in [-0.39, 0.29) is 17.8 Å². The van der Waals surface area contributed by atoms with Crippen LogP contribution in [0.5, 0.6) is 5.75 Å². The topological polar surface area (TPSA) is 90.0 Å². The van der Waals surface area contributed by atoms with Gasteiger partial charge in [0.05, 0.1) is 30.3 Å². The fourth-order valence-corrected chi connectivity index (χ4v) is 4.70. The van der Waals surface area contributed by atoms with Gasteiger partial charge in [-0.3, -0.25) is 10.1 Å². The lowest BCUT2D eigenvalue weighted by Gasteiger charge is -2.46. The molecule has 2 bridgehead atoms. The van der Waals surface area contributed by atoms with Gasteiger partial charge in [-0.1, -0.05) is 12.5 Å². The first-order valence-electron chi connectivity index (χ1n) is 10.4. The van der Waals surface area contributed by atoms with Crippen LogP contribution in [0.4, 0.5) is 10.2 Å². The van der Waals surface area contributed by atoms with Crippen molar-refractivity contribution in [2.75, 3.05) is 11.9 Å². The molecule has 5 rings (SSSR count). The number of fused-ring (bicyclic) bond motifs is 2. The smallest absolute Gasteiger partial charge is 0.147 e. The number of phenols is 1. The van der Waals surface area contributed by atoms with Crippen molar-refractivity contribution < 1.29 is 9.50 Å². The number of halogens is 1. The molecule has 0 aliphatic carbocycles. The number of aromatic hydroxyl groups is 1. The van der Waals surface area contributed by atoms with E-state index in [4.69, 9.17) is 0 Å². The molecule has 4 heterocycles. The van der Waals surface area contributed by atoms with E-state index in [1.165, 1.54) is 0 Å². The Morgan fingerprint density at radius 3 is 2.77 bits per heavy atom. The van der Waals surface area contributed by atoms with E-state index in [9.17, 15) is 5.11 Å². The SMILES string of the molecule is CN(c1cnc(-c2ccc(-c3cn[nH]c3)cc2O)cn1)[C@@H]1CC2CCCC(N2)[C@@H]1F. The Morgan fingerprint density at radius 2 is 2.03 bits per heavy atom. The number of hydrogen-bond donors (Lipinski definition) is 3. The average molecular weight is 408 g/mol. The third-order valence-corrected chi connectivity index (χ3v) is 6.40. The number of rotatable bonds is 4. The van der Waals surface area contributed by atoms with Crippen LogP contribution in [0.15, 0.2) is 43.0 Å². The third-order valence-electron chi connectivity index (χ3n) is 6.40. The van der Waals surface area contributed by atoms with E-state index >= 15 is 4.39 Å². The monoisotopic (exact) mass is 408 g/mol. The minimum Gasteiger partial charge on any atom is -0.507 e. The Kier molecular flexibility index (Phi) is 4.86. The number of hydrogen-bond acceptors (Lipinski definition) is 6. The highest BCUT2D eigenvalue weighted by molar-refractivity contribution is 5.73. The molecule has 3 N–H and O–H groups in total. The Bertz CT molecular complexity index is 1010. The molecule has 8 heteroatoms. The van der Waals surface area contributed by atoms with Crippen molar-refractivity contribution in [2.24, 2.45) is 0 Å². The lowest BCUT2D eigenvalue weighted by Crippen LogP contribution is -2.61. The molecule has 4 atom stereocenters. The first-order chi connectivity index (χ1) is 14.6. The average Bonchev–Trinajstić information content (AvgIpc) is 3.31. The summed E-state index contributed by atoms with van der Waals surface area (Å²) in [6, 6.07) is 5.51. The van der Waals surface area contributed by atoms with E-state index in [2.05, 4.69) is 25.5 Å². The van der Waals surface area contributed by atoms with Crippen LogP contribution in [0.25, 0.3) is 22.4 Å². The summed E-state index contributed by atoms with van der Waals surface area (Å²) in [7, 11) is 1.89. The maximum atomic E-state index is 15.0. The molecule has 2 aromatic heterocycles. The molecule has 30 heavy (non-hydrogen) atoms. The molecular formula is C22H25FN6O. The van der Waals surface area contributed by atoms with Crippen molar-refractivity contribution in [1.82, 2.24) is 25.5 Å². The second-order valence-corrected chi connectivity index (χ2v) is 8.24. The normalized spacial score (nSPS) is 25.8. The van der Waals surface area contributed by atoms with Crippen LogP contribution in [-0.2, 0) is 0 Å². The highest BCUT2D eigenvalue weighted by Gasteiger charge is 2.41. The van der Waals surface area contributed by atoms with Crippen LogP contribution in [0, 0.1) is 0 Å². The van der Waals surface area contributed by atoms with Gasteiger partial charge in [0.2, 0.25) is 0 Å². The number of aromatic amines is 1. The fourth-order valence-electron chi connectivity index (χ4n) is 4.70. The highest BCUT2D eigenvalue weighted by atomic mass is 19.1. The van der Waals surface area contributed by atoms with Crippen molar-refractivity contribution in [3.05, 3.63) is 43.0 Å². The molecule has 2 aliphatic rings. The van der Waals surface area contributed by atoms with Gasteiger partial charge < -0.3 is 15.3 Å². The van der Waals surface area contributed by atoms with E-state index in [1.54, 1.807) is 30.9 Å². The molecule has 0 saturated carbocycles. The maximum absolute atomic E-state index is 15.0. The lowest BCUT2D eigenvalue weighted by atomic mass is 9.82. The van der Waals surface area contributed by atoms with Crippen molar-refractivity contribution in [3.63, 3.8) is 0 Å². The first-order valence-corrected chi connectivity index (χ1v) is 10.4. The van der Waals surface area contributed by atoms with E-state index < -0.39 is 6.17 Å². The van der Waals surface area contributed by atoms with E-state index in [1.807, 2.05) is 24.1 Å². The molecule has 2 fully saturated rings. The zero-order valence-electron chi connectivity index (χ0n) is 16.8. The summed E-state index contributed by atoms with van der Waals surface area (Å²) in [5.74, 6) is 0.764. The quantitative estimate of drug-likeness (QED) is 0.614. The molecule has 2 aliphatic heterocycles. The number of aromatic nitrogens is 4. The summed E-state index contributed by atoms with van der Waals surface area (Å²) in [5, 5.41) is 20.6.